The van der Waals surface area contributed by atoms with E-state index >= 15 is 0 Å². The monoisotopic (exact) mass is 499 g/mol. The maximum Gasteiger partial charge on any atom is 0.469 e. The summed E-state index contributed by atoms with van der Waals surface area (Å²) in [6.45, 7) is -0.231. The molecule has 1 fully saturated rings. The molecule has 0 aromatic heterocycles. The standard InChI is InChI=1S/C20H22NO10PS/c1-29-19(23)17(20(30-2)13-33(27,28)14-20)21-18(22)16-10-8-15(9-11-16)7-5-3-4-6-12-31-32(24,25)26/h8-11,17H,6,12-14H2,1-2H3,(H,21,22)(H2,24,25,26). The van der Waals surface area contributed by atoms with Crippen LogP contribution >= 0.6 is 7.82 Å². The van der Waals surface area contributed by atoms with Crippen molar-refractivity contribution in [3.8, 4) is 23.7 Å². The third kappa shape index (κ3) is 7.69. The van der Waals surface area contributed by atoms with Crippen molar-refractivity contribution >= 4 is 29.5 Å². The van der Waals surface area contributed by atoms with E-state index in [1.54, 1.807) is 12.1 Å². The van der Waals surface area contributed by atoms with Gasteiger partial charge in [-0.05, 0) is 36.1 Å². The Bertz CT molecular complexity index is 1150. The highest BCUT2D eigenvalue weighted by Crippen LogP contribution is 2.35. The maximum atomic E-state index is 12.6. The van der Waals surface area contributed by atoms with Crippen molar-refractivity contribution in [2.24, 2.45) is 0 Å². The number of carbonyl (C=O) groups is 2. The molecule has 0 saturated carbocycles. The number of phosphoric ester groups is 1. The van der Waals surface area contributed by atoms with E-state index in [0.29, 0.717) is 5.56 Å². The predicted octanol–water partition coefficient (Wildman–Crippen LogP) is -0.374. The van der Waals surface area contributed by atoms with Crippen LogP contribution in [0.25, 0.3) is 0 Å². The van der Waals surface area contributed by atoms with E-state index < -0.39 is 52.7 Å². The lowest BCUT2D eigenvalue weighted by molar-refractivity contribution is -0.150. The molecule has 0 radical (unpaired) electrons. The maximum absolute atomic E-state index is 12.6. The molecule has 1 amide bonds. The summed E-state index contributed by atoms with van der Waals surface area (Å²) < 4.78 is 48.1. The van der Waals surface area contributed by atoms with Gasteiger partial charge in [-0.25, -0.2) is 17.8 Å². The molecule has 0 spiro atoms. The van der Waals surface area contributed by atoms with Gasteiger partial charge < -0.3 is 24.6 Å². The molecule has 1 aromatic carbocycles. The second-order valence-electron chi connectivity index (χ2n) is 6.93. The van der Waals surface area contributed by atoms with Crippen LogP contribution in [-0.2, 0) is 33.2 Å². The Hall–Kier alpha value is -2.70. The second kappa shape index (κ2) is 10.9. The zero-order valence-electron chi connectivity index (χ0n) is 17.7. The summed E-state index contributed by atoms with van der Waals surface area (Å²) in [5, 5.41) is 2.49. The number of phosphoric acid groups is 1. The predicted molar refractivity (Wildman–Crippen MR) is 115 cm³/mol. The van der Waals surface area contributed by atoms with Crippen molar-refractivity contribution in [3.05, 3.63) is 35.4 Å². The molecular weight excluding hydrogens is 477 g/mol. The molecule has 0 aliphatic carbocycles. The molecule has 1 unspecified atom stereocenters. The molecule has 1 aromatic rings. The first-order valence-electron chi connectivity index (χ1n) is 9.35. The number of amides is 1. The summed E-state index contributed by atoms with van der Waals surface area (Å²) in [6.07, 6.45) is 0.0878. The van der Waals surface area contributed by atoms with Crippen LogP contribution in [0, 0.1) is 23.7 Å². The molecule has 1 aliphatic heterocycles. The van der Waals surface area contributed by atoms with Gasteiger partial charge in [-0.2, -0.15) is 0 Å². The van der Waals surface area contributed by atoms with Gasteiger partial charge in [-0.15, -0.1) is 0 Å². The Morgan fingerprint density at radius 1 is 1.18 bits per heavy atom. The SMILES string of the molecule is COC(=O)C(NC(=O)c1ccc(C#CC#CCCOP(=O)(O)O)cc1)C1(OC)CS(=O)(=O)C1. The third-order valence-corrected chi connectivity index (χ3v) is 6.94. The zero-order valence-corrected chi connectivity index (χ0v) is 19.4. The number of rotatable bonds is 8. The lowest BCUT2D eigenvalue weighted by atomic mass is 9.96. The van der Waals surface area contributed by atoms with Crippen molar-refractivity contribution in [3.63, 3.8) is 0 Å². The Morgan fingerprint density at radius 2 is 1.82 bits per heavy atom. The molecule has 11 nitrogen and oxygen atoms in total. The highest BCUT2D eigenvalue weighted by molar-refractivity contribution is 7.93. The minimum Gasteiger partial charge on any atom is -0.467 e. The van der Waals surface area contributed by atoms with Crippen LogP contribution < -0.4 is 5.32 Å². The lowest BCUT2D eigenvalue weighted by Crippen LogP contribution is -2.70. The Labute approximate surface area is 191 Å². The number of methoxy groups -OCH3 is 2. The molecule has 1 heterocycles. The molecular formula is C20H22NO10PS. The molecule has 2 rings (SSSR count). The van der Waals surface area contributed by atoms with E-state index in [4.69, 9.17) is 19.3 Å². The number of hydrogen-bond acceptors (Lipinski definition) is 8. The van der Waals surface area contributed by atoms with E-state index in [2.05, 4.69) is 33.5 Å². The van der Waals surface area contributed by atoms with Gasteiger partial charge in [0, 0.05) is 24.7 Å². The van der Waals surface area contributed by atoms with Crippen LogP contribution in [-0.4, -0.2) is 74.1 Å². The van der Waals surface area contributed by atoms with Crippen LogP contribution in [0.15, 0.2) is 24.3 Å². The third-order valence-electron chi connectivity index (χ3n) is 4.56. The van der Waals surface area contributed by atoms with Crippen molar-refractivity contribution in [2.75, 3.05) is 32.3 Å². The molecule has 0 bridgehead atoms. The number of hydrogen-bond donors (Lipinski definition) is 3. The van der Waals surface area contributed by atoms with Crippen LogP contribution in [0.1, 0.15) is 22.3 Å². The van der Waals surface area contributed by atoms with E-state index in [1.807, 2.05) is 0 Å². The molecule has 1 atom stereocenters. The van der Waals surface area contributed by atoms with E-state index in [0.717, 1.165) is 7.11 Å². The number of esters is 1. The minimum absolute atomic E-state index is 0.0878. The Kier molecular flexibility index (Phi) is 8.81. The summed E-state index contributed by atoms with van der Waals surface area (Å²) in [7, 11) is -5.49. The van der Waals surface area contributed by atoms with Gasteiger partial charge in [0.1, 0.15) is 5.60 Å². The fraction of sp³-hybridized carbons (Fsp3) is 0.400. The van der Waals surface area contributed by atoms with Gasteiger partial charge >= 0.3 is 13.8 Å². The van der Waals surface area contributed by atoms with Crippen molar-refractivity contribution in [2.45, 2.75) is 18.1 Å². The van der Waals surface area contributed by atoms with Crippen molar-refractivity contribution in [1.29, 1.82) is 0 Å². The average molecular weight is 499 g/mol. The van der Waals surface area contributed by atoms with Crippen LogP contribution in [0.5, 0.6) is 0 Å². The highest BCUT2D eigenvalue weighted by atomic mass is 32.2. The molecule has 178 valence electrons. The topological polar surface area (TPSA) is 166 Å². The van der Waals surface area contributed by atoms with Gasteiger partial charge in [0.2, 0.25) is 0 Å². The summed E-state index contributed by atoms with van der Waals surface area (Å²) in [4.78, 5) is 41.9. The normalized spacial score (nSPS) is 16.6. The first kappa shape index (κ1) is 26.6. The van der Waals surface area contributed by atoms with E-state index in [9.17, 15) is 22.6 Å². The largest absolute Gasteiger partial charge is 0.469 e. The first-order chi connectivity index (χ1) is 15.4. The fourth-order valence-corrected chi connectivity index (χ4v) is 5.28. The molecule has 1 saturated heterocycles. The first-order valence-corrected chi connectivity index (χ1v) is 12.7. The number of carbonyl (C=O) groups excluding carboxylic acids is 2. The van der Waals surface area contributed by atoms with Gasteiger partial charge in [0.25, 0.3) is 5.91 Å². The van der Waals surface area contributed by atoms with Gasteiger partial charge in [-0.1, -0.05) is 11.8 Å². The second-order valence-corrected chi connectivity index (χ2v) is 10.2. The molecule has 1 aliphatic rings. The van der Waals surface area contributed by atoms with Crippen molar-refractivity contribution in [1.82, 2.24) is 5.32 Å². The number of sulfone groups is 1. The van der Waals surface area contributed by atoms with Crippen LogP contribution in [0.3, 0.4) is 0 Å². The summed E-state index contributed by atoms with van der Waals surface area (Å²) >= 11 is 0. The summed E-state index contributed by atoms with van der Waals surface area (Å²) in [5.41, 5.74) is -0.666. The highest BCUT2D eigenvalue weighted by Gasteiger charge is 2.58. The average Bonchev–Trinajstić information content (AvgIpc) is 2.73. The summed E-state index contributed by atoms with van der Waals surface area (Å²) in [6, 6.07) is 4.71. The molecule has 33 heavy (non-hydrogen) atoms. The van der Waals surface area contributed by atoms with Gasteiger partial charge in [0.15, 0.2) is 15.9 Å². The quantitative estimate of drug-likeness (QED) is 0.186. The zero-order chi connectivity index (χ0) is 24.7. The van der Waals surface area contributed by atoms with E-state index in [1.165, 1.54) is 19.2 Å². The molecule has 13 heteroatoms. The van der Waals surface area contributed by atoms with E-state index in [-0.39, 0.29) is 18.6 Å². The number of ether oxygens (including phenoxy) is 2. The summed E-state index contributed by atoms with van der Waals surface area (Å²) in [5.74, 6) is 8.08. The van der Waals surface area contributed by atoms with Crippen molar-refractivity contribution < 1.29 is 46.4 Å². The van der Waals surface area contributed by atoms with Gasteiger partial charge in [-0.3, -0.25) is 9.32 Å². The van der Waals surface area contributed by atoms with Crippen LogP contribution in [0.4, 0.5) is 0 Å². The number of benzene rings is 1. The smallest absolute Gasteiger partial charge is 0.467 e. The number of nitrogens with one attached hydrogen (secondary N) is 1. The van der Waals surface area contributed by atoms with Crippen LogP contribution in [0.2, 0.25) is 0 Å². The lowest BCUT2D eigenvalue weighted by Gasteiger charge is -2.43. The Morgan fingerprint density at radius 3 is 2.33 bits per heavy atom. The van der Waals surface area contributed by atoms with Gasteiger partial charge in [0.05, 0.1) is 25.2 Å². The fourth-order valence-electron chi connectivity index (χ4n) is 2.97. The Balaban J connectivity index is 2.02. The molecule has 3 N–H and O–H groups in total. The minimum atomic E-state index is -4.51.